The van der Waals surface area contributed by atoms with E-state index in [9.17, 15) is 13.2 Å². The molecule has 2 N–H and O–H groups in total. The minimum absolute atomic E-state index is 0.00160. The van der Waals surface area contributed by atoms with Crippen molar-refractivity contribution in [3.63, 3.8) is 0 Å². The van der Waals surface area contributed by atoms with E-state index >= 15 is 0 Å². The highest BCUT2D eigenvalue weighted by atomic mass is 32.2. The molecule has 0 spiro atoms. The predicted molar refractivity (Wildman–Crippen MR) is 110 cm³/mol. The Morgan fingerprint density at radius 2 is 1.45 bits per heavy atom. The number of carbonyl (C=O) groups is 1. The Labute approximate surface area is 171 Å². The van der Waals surface area contributed by atoms with Gasteiger partial charge in [0.15, 0.2) is 0 Å². The molecule has 2 aromatic carbocycles. The molecular weight excluding hydrogens is 396 g/mol. The van der Waals surface area contributed by atoms with Crippen LogP contribution in [0.1, 0.15) is 21.5 Å². The van der Waals surface area contributed by atoms with Crippen molar-refractivity contribution in [1.82, 2.24) is 10.0 Å². The predicted octanol–water partition coefficient (Wildman–Crippen LogP) is 2.04. The van der Waals surface area contributed by atoms with Gasteiger partial charge in [0.1, 0.15) is 27.7 Å². The van der Waals surface area contributed by atoms with Gasteiger partial charge in [-0.15, -0.1) is 0 Å². The van der Waals surface area contributed by atoms with Crippen molar-refractivity contribution >= 4 is 15.9 Å². The molecule has 29 heavy (non-hydrogen) atoms. The second-order valence-electron chi connectivity index (χ2n) is 6.28. The molecule has 158 valence electrons. The smallest absolute Gasteiger partial charge is 0.258 e. The Morgan fingerprint density at radius 1 is 0.897 bits per heavy atom. The fourth-order valence-corrected chi connectivity index (χ4v) is 4.00. The third kappa shape index (κ3) is 5.18. The average Bonchev–Trinajstić information content (AvgIpc) is 2.71. The van der Waals surface area contributed by atoms with Gasteiger partial charge in [0, 0.05) is 13.1 Å². The number of methoxy groups -OCH3 is 3. The lowest BCUT2D eigenvalue weighted by Gasteiger charge is -2.14. The van der Waals surface area contributed by atoms with Gasteiger partial charge in [0.2, 0.25) is 10.0 Å². The molecule has 2 aromatic rings. The zero-order valence-corrected chi connectivity index (χ0v) is 18.0. The first-order valence-electron chi connectivity index (χ1n) is 8.89. The number of ether oxygens (including phenoxy) is 3. The summed E-state index contributed by atoms with van der Waals surface area (Å²) in [7, 11) is 0.524. The Kier molecular flexibility index (Phi) is 7.46. The third-order valence-corrected chi connectivity index (χ3v) is 5.91. The van der Waals surface area contributed by atoms with Crippen LogP contribution < -0.4 is 24.2 Å². The second-order valence-corrected chi connectivity index (χ2v) is 8.01. The summed E-state index contributed by atoms with van der Waals surface area (Å²) in [5.74, 6) is 0.565. The van der Waals surface area contributed by atoms with Crippen LogP contribution in [0.25, 0.3) is 0 Å². The number of carbonyl (C=O) groups excluding carboxylic acids is 1. The normalized spacial score (nSPS) is 11.1. The van der Waals surface area contributed by atoms with Crippen LogP contribution >= 0.6 is 0 Å². The Balaban J connectivity index is 2.06. The maximum atomic E-state index is 12.6. The Morgan fingerprint density at radius 3 is 2.00 bits per heavy atom. The van der Waals surface area contributed by atoms with Crippen molar-refractivity contribution in [3.8, 4) is 17.2 Å². The van der Waals surface area contributed by atoms with Gasteiger partial charge >= 0.3 is 0 Å². The van der Waals surface area contributed by atoms with Crippen LogP contribution in [0, 0.1) is 13.8 Å². The number of hydrogen-bond acceptors (Lipinski definition) is 6. The standard InChI is InChI=1S/C20H26N2O6S/c1-13-11-17(28-5)18(12-14(13)2)29(24,25)22-10-9-21-20(23)19-15(26-3)7-6-8-16(19)27-4/h6-8,11-12,22H,9-10H2,1-5H3,(H,21,23). The van der Waals surface area contributed by atoms with Crippen molar-refractivity contribution in [3.05, 3.63) is 47.0 Å². The molecule has 0 unspecified atom stereocenters. The van der Waals surface area contributed by atoms with Crippen LogP contribution in [-0.4, -0.2) is 48.7 Å². The Hall–Kier alpha value is -2.78. The topological polar surface area (TPSA) is 103 Å². The third-order valence-electron chi connectivity index (χ3n) is 4.43. The van der Waals surface area contributed by atoms with E-state index in [1.807, 2.05) is 13.8 Å². The van der Waals surface area contributed by atoms with Gasteiger partial charge in [-0.3, -0.25) is 4.79 Å². The molecule has 0 aromatic heterocycles. The average molecular weight is 423 g/mol. The lowest BCUT2D eigenvalue weighted by Crippen LogP contribution is -2.35. The summed E-state index contributed by atoms with van der Waals surface area (Å²) in [6, 6.07) is 8.24. The fraction of sp³-hybridized carbons (Fsp3) is 0.350. The number of aryl methyl sites for hydroxylation is 2. The molecule has 0 fully saturated rings. The quantitative estimate of drug-likeness (QED) is 0.600. The number of benzene rings is 2. The number of nitrogens with one attached hydrogen (secondary N) is 2. The van der Waals surface area contributed by atoms with Crippen LogP contribution in [0.3, 0.4) is 0 Å². The number of sulfonamides is 1. The molecule has 0 radical (unpaired) electrons. The molecule has 0 aliphatic heterocycles. The molecule has 0 bridgehead atoms. The summed E-state index contributed by atoms with van der Waals surface area (Å²) in [6.45, 7) is 3.78. The number of amides is 1. The van der Waals surface area contributed by atoms with Crippen LogP contribution in [-0.2, 0) is 10.0 Å². The lowest BCUT2D eigenvalue weighted by atomic mass is 10.1. The summed E-state index contributed by atoms with van der Waals surface area (Å²) in [6.07, 6.45) is 0. The zero-order chi connectivity index (χ0) is 21.6. The van der Waals surface area contributed by atoms with E-state index in [0.29, 0.717) is 11.5 Å². The molecular formula is C20H26N2O6S. The second kappa shape index (κ2) is 9.62. The molecule has 1 amide bonds. The summed E-state index contributed by atoms with van der Waals surface area (Å²) in [5, 5.41) is 2.66. The fourth-order valence-electron chi connectivity index (χ4n) is 2.74. The first kappa shape index (κ1) is 22.5. The molecule has 0 atom stereocenters. The largest absolute Gasteiger partial charge is 0.496 e. The molecule has 0 aliphatic rings. The van der Waals surface area contributed by atoms with Gasteiger partial charge in [-0.1, -0.05) is 6.07 Å². The zero-order valence-electron chi connectivity index (χ0n) is 17.2. The summed E-state index contributed by atoms with van der Waals surface area (Å²) >= 11 is 0. The van der Waals surface area contributed by atoms with E-state index in [1.54, 1.807) is 30.3 Å². The first-order chi connectivity index (χ1) is 13.7. The van der Waals surface area contributed by atoms with Crippen LogP contribution in [0.4, 0.5) is 0 Å². The van der Waals surface area contributed by atoms with Gasteiger partial charge in [-0.25, -0.2) is 13.1 Å². The highest BCUT2D eigenvalue weighted by Crippen LogP contribution is 2.28. The number of hydrogen-bond donors (Lipinski definition) is 2. The van der Waals surface area contributed by atoms with Gasteiger partial charge in [0.05, 0.1) is 21.3 Å². The van der Waals surface area contributed by atoms with E-state index in [0.717, 1.165) is 11.1 Å². The maximum Gasteiger partial charge on any atom is 0.258 e. The van der Waals surface area contributed by atoms with E-state index in [2.05, 4.69) is 10.0 Å². The van der Waals surface area contributed by atoms with Gasteiger partial charge in [-0.2, -0.15) is 0 Å². The van der Waals surface area contributed by atoms with Crippen LogP contribution in [0.15, 0.2) is 35.2 Å². The van der Waals surface area contributed by atoms with Crippen molar-refractivity contribution in [1.29, 1.82) is 0 Å². The molecule has 2 rings (SSSR count). The lowest BCUT2D eigenvalue weighted by molar-refractivity contribution is 0.0948. The van der Waals surface area contributed by atoms with E-state index < -0.39 is 15.9 Å². The highest BCUT2D eigenvalue weighted by molar-refractivity contribution is 7.89. The minimum Gasteiger partial charge on any atom is -0.496 e. The van der Waals surface area contributed by atoms with Gasteiger partial charge in [0.25, 0.3) is 5.91 Å². The molecule has 0 saturated heterocycles. The van der Waals surface area contributed by atoms with Crippen LogP contribution in [0.5, 0.6) is 17.2 Å². The van der Waals surface area contributed by atoms with E-state index in [-0.39, 0.29) is 29.3 Å². The summed E-state index contributed by atoms with van der Waals surface area (Å²) in [4.78, 5) is 12.6. The molecule has 9 heteroatoms. The Bertz CT molecular complexity index is 966. The number of rotatable bonds is 9. The van der Waals surface area contributed by atoms with Crippen molar-refractivity contribution in [2.45, 2.75) is 18.7 Å². The first-order valence-corrected chi connectivity index (χ1v) is 10.4. The molecule has 0 aliphatic carbocycles. The van der Waals surface area contributed by atoms with Crippen molar-refractivity contribution in [2.75, 3.05) is 34.4 Å². The highest BCUT2D eigenvalue weighted by Gasteiger charge is 2.21. The summed E-state index contributed by atoms with van der Waals surface area (Å²) < 4.78 is 43.4. The van der Waals surface area contributed by atoms with Crippen molar-refractivity contribution < 1.29 is 27.4 Å². The van der Waals surface area contributed by atoms with Gasteiger partial charge < -0.3 is 19.5 Å². The molecule has 0 saturated carbocycles. The maximum absolute atomic E-state index is 12.6. The van der Waals surface area contributed by atoms with E-state index in [1.165, 1.54) is 21.3 Å². The van der Waals surface area contributed by atoms with E-state index in [4.69, 9.17) is 14.2 Å². The minimum atomic E-state index is -3.81. The SMILES string of the molecule is COc1cc(C)c(C)cc1S(=O)(=O)NCCNC(=O)c1c(OC)cccc1OC. The summed E-state index contributed by atoms with van der Waals surface area (Å²) in [5.41, 5.74) is 2.01. The van der Waals surface area contributed by atoms with Crippen molar-refractivity contribution in [2.24, 2.45) is 0 Å². The van der Waals surface area contributed by atoms with Gasteiger partial charge in [-0.05, 0) is 49.2 Å². The van der Waals surface area contributed by atoms with Crippen LogP contribution in [0.2, 0.25) is 0 Å². The monoisotopic (exact) mass is 422 g/mol. The molecule has 8 nitrogen and oxygen atoms in total. The molecule has 0 heterocycles.